The van der Waals surface area contributed by atoms with Crippen molar-refractivity contribution < 1.29 is 14.3 Å². The van der Waals surface area contributed by atoms with Gasteiger partial charge in [0, 0.05) is 30.8 Å². The first-order valence-corrected chi connectivity index (χ1v) is 12.3. The molecule has 0 saturated carbocycles. The maximum Gasteiger partial charge on any atom is 0.243 e. The smallest absolute Gasteiger partial charge is 0.243 e. The molecule has 5 rings (SSSR count). The molecular formula is C30H28N4O3. The van der Waals surface area contributed by atoms with Crippen LogP contribution < -0.4 is 10.1 Å². The highest BCUT2D eigenvalue weighted by Gasteiger charge is 2.33. The molecule has 186 valence electrons. The van der Waals surface area contributed by atoms with E-state index in [4.69, 9.17) is 9.84 Å². The summed E-state index contributed by atoms with van der Waals surface area (Å²) in [7, 11) is 1.62. The fourth-order valence-electron chi connectivity index (χ4n) is 4.56. The van der Waals surface area contributed by atoms with Crippen LogP contribution in [0, 0.1) is 0 Å². The molecule has 7 nitrogen and oxygen atoms in total. The average Bonchev–Trinajstić information content (AvgIpc) is 3.41. The van der Waals surface area contributed by atoms with Gasteiger partial charge in [0.15, 0.2) is 0 Å². The van der Waals surface area contributed by atoms with Gasteiger partial charge in [-0.1, -0.05) is 66.7 Å². The van der Waals surface area contributed by atoms with Crippen LogP contribution in [0.5, 0.6) is 5.75 Å². The summed E-state index contributed by atoms with van der Waals surface area (Å²) in [6.07, 6.45) is 2.47. The van der Waals surface area contributed by atoms with Gasteiger partial charge in [-0.25, -0.2) is 5.01 Å². The summed E-state index contributed by atoms with van der Waals surface area (Å²) in [6, 6.07) is 27.2. The number of hydrogen-bond acceptors (Lipinski definition) is 5. The number of fused-ring (bicyclic) bond motifs is 1. The van der Waals surface area contributed by atoms with Crippen LogP contribution >= 0.6 is 0 Å². The number of aromatic nitrogens is 1. The molecule has 0 fully saturated rings. The summed E-state index contributed by atoms with van der Waals surface area (Å²) in [5.74, 6) is 0.363. The van der Waals surface area contributed by atoms with Gasteiger partial charge in [-0.2, -0.15) is 5.10 Å². The van der Waals surface area contributed by atoms with Gasteiger partial charge in [0.2, 0.25) is 11.8 Å². The Morgan fingerprint density at radius 3 is 2.49 bits per heavy atom. The van der Waals surface area contributed by atoms with Gasteiger partial charge < -0.3 is 10.1 Å². The maximum absolute atomic E-state index is 13.3. The summed E-state index contributed by atoms with van der Waals surface area (Å²) >= 11 is 0. The largest absolute Gasteiger partial charge is 0.497 e. The number of benzene rings is 3. The molecule has 0 radical (unpaired) electrons. The van der Waals surface area contributed by atoms with E-state index in [0.717, 1.165) is 39.1 Å². The molecule has 1 aromatic heterocycles. The lowest BCUT2D eigenvalue weighted by atomic mass is 9.98. The molecule has 0 bridgehead atoms. The van der Waals surface area contributed by atoms with Crippen molar-refractivity contribution >= 4 is 28.3 Å². The second-order valence-corrected chi connectivity index (χ2v) is 8.90. The van der Waals surface area contributed by atoms with E-state index in [9.17, 15) is 9.59 Å². The van der Waals surface area contributed by atoms with Crippen LogP contribution in [0.4, 0.5) is 0 Å². The Labute approximate surface area is 215 Å². The molecule has 1 unspecified atom stereocenters. The zero-order valence-corrected chi connectivity index (χ0v) is 20.6. The number of hydrazone groups is 1. The number of nitrogens with zero attached hydrogens (tertiary/aromatic N) is 3. The number of carbonyl (C=O) groups excluding carboxylic acids is 2. The van der Waals surface area contributed by atoms with E-state index >= 15 is 0 Å². The standard InChI is InChI=1S/C30H28N4O3/c1-37-24-13-11-23(12-14-24)28-19-26(22-8-3-2-4-9-22)33-34(28)30(36)16-15-29(35)32-20-27-25-10-6-5-7-21(25)17-18-31-27/h2-14,17-18,28H,15-16,19-20H2,1H3,(H,32,35). The van der Waals surface area contributed by atoms with Crippen LogP contribution in [-0.2, 0) is 16.1 Å². The quantitative estimate of drug-likeness (QED) is 0.374. The lowest BCUT2D eigenvalue weighted by molar-refractivity contribution is -0.135. The lowest BCUT2D eigenvalue weighted by Gasteiger charge is -2.22. The summed E-state index contributed by atoms with van der Waals surface area (Å²) in [5.41, 5.74) is 3.60. The number of nitrogens with one attached hydrogen (secondary N) is 1. The molecule has 1 aliphatic rings. The summed E-state index contributed by atoms with van der Waals surface area (Å²) in [5, 5.41) is 11.2. The highest BCUT2D eigenvalue weighted by molar-refractivity contribution is 6.03. The molecule has 4 aromatic rings. The minimum absolute atomic E-state index is 0.0625. The Morgan fingerprint density at radius 2 is 1.70 bits per heavy atom. The molecular weight excluding hydrogens is 464 g/mol. The third kappa shape index (κ3) is 5.51. The van der Waals surface area contributed by atoms with Crippen molar-refractivity contribution in [2.75, 3.05) is 7.11 Å². The highest BCUT2D eigenvalue weighted by Crippen LogP contribution is 2.34. The fraction of sp³-hybridized carbons (Fsp3) is 0.200. The third-order valence-corrected chi connectivity index (χ3v) is 6.55. The molecule has 1 N–H and O–H groups in total. The maximum atomic E-state index is 13.3. The highest BCUT2D eigenvalue weighted by atomic mass is 16.5. The van der Waals surface area contributed by atoms with E-state index in [0.29, 0.717) is 13.0 Å². The van der Waals surface area contributed by atoms with Gasteiger partial charge >= 0.3 is 0 Å². The van der Waals surface area contributed by atoms with Crippen LogP contribution in [0.2, 0.25) is 0 Å². The van der Waals surface area contributed by atoms with Gasteiger partial charge in [-0.3, -0.25) is 14.6 Å². The first kappa shape index (κ1) is 24.2. The zero-order chi connectivity index (χ0) is 25.6. The van der Waals surface area contributed by atoms with E-state index in [2.05, 4.69) is 10.3 Å². The predicted molar refractivity (Wildman–Crippen MR) is 143 cm³/mol. The van der Waals surface area contributed by atoms with E-state index in [-0.39, 0.29) is 30.7 Å². The lowest BCUT2D eigenvalue weighted by Crippen LogP contribution is -2.29. The summed E-state index contributed by atoms with van der Waals surface area (Å²) < 4.78 is 5.28. The number of hydrogen-bond donors (Lipinski definition) is 1. The molecule has 0 spiro atoms. The van der Waals surface area contributed by atoms with Crippen molar-refractivity contribution in [3.8, 4) is 5.75 Å². The number of pyridine rings is 1. The molecule has 3 aromatic carbocycles. The van der Waals surface area contributed by atoms with E-state index in [1.54, 1.807) is 13.3 Å². The van der Waals surface area contributed by atoms with Crippen molar-refractivity contribution in [3.63, 3.8) is 0 Å². The Bertz CT molecular complexity index is 1430. The topological polar surface area (TPSA) is 83.9 Å². The van der Waals surface area contributed by atoms with Crippen LogP contribution in [0.1, 0.15) is 42.1 Å². The number of amides is 2. The molecule has 7 heteroatoms. The van der Waals surface area contributed by atoms with E-state index < -0.39 is 0 Å². The molecule has 1 aliphatic heterocycles. The predicted octanol–water partition coefficient (Wildman–Crippen LogP) is 5.02. The van der Waals surface area contributed by atoms with Crippen LogP contribution in [0.3, 0.4) is 0 Å². The monoisotopic (exact) mass is 492 g/mol. The molecule has 2 heterocycles. The third-order valence-electron chi connectivity index (χ3n) is 6.55. The molecule has 1 atom stereocenters. The van der Waals surface area contributed by atoms with Gasteiger partial charge in [0.25, 0.3) is 0 Å². The van der Waals surface area contributed by atoms with Crippen LogP contribution in [0.25, 0.3) is 10.8 Å². The molecule has 0 saturated heterocycles. The first-order chi connectivity index (χ1) is 18.1. The molecule has 37 heavy (non-hydrogen) atoms. The number of ether oxygens (including phenoxy) is 1. The fourth-order valence-corrected chi connectivity index (χ4v) is 4.56. The molecule has 2 amide bonds. The average molecular weight is 493 g/mol. The van der Waals surface area contributed by atoms with Gasteiger partial charge in [0.05, 0.1) is 31.1 Å². The van der Waals surface area contributed by atoms with Crippen molar-refractivity contribution in [2.45, 2.75) is 31.8 Å². The number of rotatable bonds is 8. The van der Waals surface area contributed by atoms with Crippen molar-refractivity contribution in [3.05, 3.63) is 108 Å². The Kier molecular flexibility index (Phi) is 7.21. The Morgan fingerprint density at radius 1 is 0.946 bits per heavy atom. The molecule has 0 aliphatic carbocycles. The zero-order valence-electron chi connectivity index (χ0n) is 20.6. The normalized spacial score (nSPS) is 14.9. The van der Waals surface area contributed by atoms with Crippen molar-refractivity contribution in [2.24, 2.45) is 5.10 Å². The second kappa shape index (κ2) is 11.0. The van der Waals surface area contributed by atoms with Crippen molar-refractivity contribution in [1.29, 1.82) is 0 Å². The van der Waals surface area contributed by atoms with Crippen LogP contribution in [0.15, 0.2) is 96.2 Å². The second-order valence-electron chi connectivity index (χ2n) is 8.90. The summed E-state index contributed by atoms with van der Waals surface area (Å²) in [4.78, 5) is 30.3. The van der Waals surface area contributed by atoms with E-state index in [1.165, 1.54) is 5.01 Å². The Balaban J connectivity index is 1.26. The SMILES string of the molecule is COc1ccc(C2CC(c3ccccc3)=NN2C(=O)CCC(=O)NCc2nccc3ccccc23)cc1. The van der Waals surface area contributed by atoms with Crippen LogP contribution in [-0.4, -0.2) is 34.6 Å². The van der Waals surface area contributed by atoms with Gasteiger partial charge in [-0.05, 0) is 34.7 Å². The number of methoxy groups -OCH3 is 1. The van der Waals surface area contributed by atoms with E-state index in [1.807, 2.05) is 84.9 Å². The summed E-state index contributed by atoms with van der Waals surface area (Å²) in [6.45, 7) is 0.308. The van der Waals surface area contributed by atoms with Crippen molar-refractivity contribution in [1.82, 2.24) is 15.3 Å². The minimum Gasteiger partial charge on any atom is -0.497 e. The van der Waals surface area contributed by atoms with Gasteiger partial charge in [0.1, 0.15) is 5.75 Å². The minimum atomic E-state index is -0.239. The first-order valence-electron chi connectivity index (χ1n) is 12.3. The number of carbonyl (C=O) groups is 2. The Hall–Kier alpha value is -4.52. The van der Waals surface area contributed by atoms with Gasteiger partial charge in [-0.15, -0.1) is 0 Å².